The minimum Gasteiger partial charge on any atom is -0.353 e. The molecule has 2 N–H and O–H groups in total. The Morgan fingerprint density at radius 1 is 1.06 bits per heavy atom. The van der Waals surface area contributed by atoms with Crippen LogP contribution in [-0.2, 0) is 11.2 Å². The average Bonchev–Trinajstić information content (AvgIpc) is 2.41. The molecule has 2 aromatic carbocycles. The van der Waals surface area contributed by atoms with Gasteiger partial charge in [0.25, 0.3) is 0 Å². The summed E-state index contributed by atoms with van der Waals surface area (Å²) in [5.41, 5.74) is 1.20. The number of amides is 1. The maximum atomic E-state index is 11.7. The molecule has 1 aliphatic heterocycles. The molecule has 2 aromatic rings. The average molecular weight is 240 g/mol. The first-order valence-electron chi connectivity index (χ1n) is 6.32. The normalized spacial score (nSPS) is 19.8. The van der Waals surface area contributed by atoms with Crippen LogP contribution in [0.15, 0.2) is 42.5 Å². The van der Waals surface area contributed by atoms with Gasteiger partial charge in [0.2, 0.25) is 5.91 Å². The third-order valence-electron chi connectivity index (χ3n) is 3.39. The van der Waals surface area contributed by atoms with E-state index in [-0.39, 0.29) is 11.9 Å². The van der Waals surface area contributed by atoms with Crippen LogP contribution >= 0.6 is 0 Å². The Kier molecular flexibility index (Phi) is 2.99. The zero-order valence-electron chi connectivity index (χ0n) is 10.1. The predicted octanol–water partition coefficient (Wildman–Crippen LogP) is 1.47. The summed E-state index contributed by atoms with van der Waals surface area (Å²) in [6.45, 7) is 1.58. The fraction of sp³-hybridized carbons (Fsp3) is 0.267. The molecule has 0 aromatic heterocycles. The highest BCUT2D eigenvalue weighted by molar-refractivity contribution is 5.84. The molecule has 0 radical (unpaired) electrons. The summed E-state index contributed by atoms with van der Waals surface area (Å²) in [7, 11) is 0. The number of hydrogen-bond acceptors (Lipinski definition) is 2. The van der Waals surface area contributed by atoms with E-state index < -0.39 is 0 Å². The first-order chi connectivity index (χ1) is 8.83. The molecule has 3 heteroatoms. The van der Waals surface area contributed by atoms with Gasteiger partial charge < -0.3 is 10.6 Å². The van der Waals surface area contributed by atoms with Gasteiger partial charge in [-0.05, 0) is 22.8 Å². The van der Waals surface area contributed by atoms with E-state index in [9.17, 15) is 4.79 Å². The Morgan fingerprint density at radius 2 is 1.89 bits per heavy atom. The molecule has 3 rings (SSSR count). The Bertz CT molecular complexity index is 579. The Morgan fingerprint density at radius 3 is 2.72 bits per heavy atom. The van der Waals surface area contributed by atoms with E-state index >= 15 is 0 Å². The second-order valence-electron chi connectivity index (χ2n) is 4.68. The lowest BCUT2D eigenvalue weighted by molar-refractivity contribution is -0.124. The highest BCUT2D eigenvalue weighted by atomic mass is 16.2. The highest BCUT2D eigenvalue weighted by Crippen LogP contribution is 2.16. The molecule has 1 amide bonds. The number of piperazine rings is 1. The van der Waals surface area contributed by atoms with Crippen molar-refractivity contribution in [1.82, 2.24) is 10.6 Å². The van der Waals surface area contributed by atoms with Crippen LogP contribution in [-0.4, -0.2) is 25.0 Å². The number of hydrogen-bond donors (Lipinski definition) is 2. The van der Waals surface area contributed by atoms with E-state index in [1.54, 1.807) is 0 Å². The molecular formula is C15H16N2O. The molecule has 1 heterocycles. The van der Waals surface area contributed by atoms with Gasteiger partial charge in [-0.2, -0.15) is 0 Å². The van der Waals surface area contributed by atoms with Gasteiger partial charge in [-0.1, -0.05) is 42.5 Å². The summed E-state index contributed by atoms with van der Waals surface area (Å²) in [4.78, 5) is 11.7. The van der Waals surface area contributed by atoms with E-state index in [0.717, 1.165) is 19.5 Å². The van der Waals surface area contributed by atoms with Gasteiger partial charge in [0, 0.05) is 13.1 Å². The molecule has 1 fully saturated rings. The number of fused-ring (bicyclic) bond motifs is 1. The molecule has 1 atom stereocenters. The van der Waals surface area contributed by atoms with E-state index in [4.69, 9.17) is 0 Å². The maximum absolute atomic E-state index is 11.7. The quantitative estimate of drug-likeness (QED) is 0.834. The topological polar surface area (TPSA) is 41.1 Å². The van der Waals surface area contributed by atoms with E-state index in [1.807, 2.05) is 12.1 Å². The largest absolute Gasteiger partial charge is 0.353 e. The van der Waals surface area contributed by atoms with Crippen molar-refractivity contribution in [1.29, 1.82) is 0 Å². The number of carbonyl (C=O) groups is 1. The standard InChI is InChI=1S/C15H16N2O/c18-15-14(16-7-8-17-15)10-11-5-6-12-3-1-2-4-13(12)9-11/h1-6,9,14,16H,7-8,10H2,(H,17,18)/t14-/m1/s1. The van der Waals surface area contributed by atoms with Crippen molar-refractivity contribution < 1.29 is 4.79 Å². The van der Waals surface area contributed by atoms with Crippen molar-refractivity contribution in [3.05, 3.63) is 48.0 Å². The summed E-state index contributed by atoms with van der Waals surface area (Å²) in [5, 5.41) is 8.61. The van der Waals surface area contributed by atoms with Crippen molar-refractivity contribution in [3.63, 3.8) is 0 Å². The molecule has 1 saturated heterocycles. The lowest BCUT2D eigenvalue weighted by Gasteiger charge is -2.23. The van der Waals surface area contributed by atoms with Gasteiger partial charge in [-0.25, -0.2) is 0 Å². The molecule has 0 spiro atoms. The van der Waals surface area contributed by atoms with E-state index in [1.165, 1.54) is 16.3 Å². The lowest BCUT2D eigenvalue weighted by atomic mass is 10.0. The molecule has 1 aliphatic rings. The SMILES string of the molecule is O=C1NCCN[C@@H]1Cc1ccc2ccccc2c1. The fourth-order valence-electron chi connectivity index (χ4n) is 2.41. The van der Waals surface area contributed by atoms with Gasteiger partial charge in [0.15, 0.2) is 0 Å². The van der Waals surface area contributed by atoms with Crippen LogP contribution in [0.4, 0.5) is 0 Å². The summed E-state index contributed by atoms with van der Waals surface area (Å²) >= 11 is 0. The van der Waals surface area contributed by atoms with Gasteiger partial charge in [0.05, 0.1) is 6.04 Å². The summed E-state index contributed by atoms with van der Waals surface area (Å²) < 4.78 is 0. The minimum atomic E-state index is -0.0973. The Hall–Kier alpha value is -1.87. The summed E-state index contributed by atoms with van der Waals surface area (Å²) in [6, 6.07) is 14.6. The minimum absolute atomic E-state index is 0.0973. The third-order valence-corrected chi connectivity index (χ3v) is 3.39. The van der Waals surface area contributed by atoms with Crippen molar-refractivity contribution >= 4 is 16.7 Å². The van der Waals surface area contributed by atoms with Crippen molar-refractivity contribution in [3.8, 4) is 0 Å². The second kappa shape index (κ2) is 4.78. The van der Waals surface area contributed by atoms with Gasteiger partial charge in [-0.3, -0.25) is 4.79 Å². The van der Waals surface area contributed by atoms with Crippen LogP contribution in [0.3, 0.4) is 0 Å². The number of rotatable bonds is 2. The first kappa shape index (κ1) is 11.2. The second-order valence-corrected chi connectivity index (χ2v) is 4.68. The summed E-state index contributed by atoms with van der Waals surface area (Å²) in [6.07, 6.45) is 0.747. The number of benzene rings is 2. The van der Waals surface area contributed by atoms with Crippen LogP contribution in [0.2, 0.25) is 0 Å². The first-order valence-corrected chi connectivity index (χ1v) is 6.32. The zero-order chi connectivity index (χ0) is 12.4. The maximum Gasteiger partial charge on any atom is 0.237 e. The molecule has 0 aliphatic carbocycles. The zero-order valence-corrected chi connectivity index (χ0v) is 10.1. The highest BCUT2D eigenvalue weighted by Gasteiger charge is 2.21. The van der Waals surface area contributed by atoms with Crippen LogP contribution in [0.5, 0.6) is 0 Å². The lowest BCUT2D eigenvalue weighted by Crippen LogP contribution is -2.53. The van der Waals surface area contributed by atoms with Crippen LogP contribution in [0, 0.1) is 0 Å². The van der Waals surface area contributed by atoms with Crippen molar-refractivity contribution in [2.24, 2.45) is 0 Å². The molecule has 92 valence electrons. The number of carbonyl (C=O) groups excluding carboxylic acids is 1. The number of nitrogens with one attached hydrogen (secondary N) is 2. The van der Waals surface area contributed by atoms with E-state index in [0.29, 0.717) is 0 Å². The van der Waals surface area contributed by atoms with Gasteiger partial charge >= 0.3 is 0 Å². The fourth-order valence-corrected chi connectivity index (χ4v) is 2.41. The van der Waals surface area contributed by atoms with E-state index in [2.05, 4.69) is 41.0 Å². The van der Waals surface area contributed by atoms with Crippen LogP contribution < -0.4 is 10.6 Å². The Labute approximate surface area is 106 Å². The van der Waals surface area contributed by atoms with Crippen LogP contribution in [0.25, 0.3) is 10.8 Å². The van der Waals surface area contributed by atoms with Crippen molar-refractivity contribution in [2.75, 3.05) is 13.1 Å². The molecule has 18 heavy (non-hydrogen) atoms. The molecule has 0 bridgehead atoms. The van der Waals surface area contributed by atoms with Gasteiger partial charge in [0.1, 0.15) is 0 Å². The third kappa shape index (κ3) is 2.22. The van der Waals surface area contributed by atoms with Crippen molar-refractivity contribution in [2.45, 2.75) is 12.5 Å². The molecular weight excluding hydrogens is 224 g/mol. The molecule has 0 unspecified atom stereocenters. The smallest absolute Gasteiger partial charge is 0.237 e. The predicted molar refractivity (Wildman–Crippen MR) is 72.5 cm³/mol. The summed E-state index contributed by atoms with van der Waals surface area (Å²) in [5.74, 6) is 0.106. The monoisotopic (exact) mass is 240 g/mol. The Balaban J connectivity index is 1.83. The van der Waals surface area contributed by atoms with Gasteiger partial charge in [-0.15, -0.1) is 0 Å². The van der Waals surface area contributed by atoms with Crippen LogP contribution in [0.1, 0.15) is 5.56 Å². The molecule has 0 saturated carbocycles. The molecule has 3 nitrogen and oxygen atoms in total.